The van der Waals surface area contributed by atoms with Crippen LogP contribution >= 0.6 is 11.3 Å². The van der Waals surface area contributed by atoms with Crippen LogP contribution in [-0.2, 0) is 6.42 Å². The number of hydrogen-bond donors (Lipinski definition) is 2. The number of furan rings is 1. The van der Waals surface area contributed by atoms with Gasteiger partial charge in [0.25, 0.3) is 11.8 Å². The molecule has 7 heteroatoms. The van der Waals surface area contributed by atoms with Gasteiger partial charge < -0.3 is 9.73 Å². The number of carbonyl (C=O) groups excluding carboxylic acids is 2. The van der Waals surface area contributed by atoms with E-state index in [0.29, 0.717) is 10.8 Å². The number of carbonyl (C=O) groups is 2. The third-order valence-electron chi connectivity index (χ3n) is 5.40. The maximum atomic E-state index is 12.9. The van der Waals surface area contributed by atoms with Gasteiger partial charge in [-0.15, -0.1) is 11.3 Å². The molecule has 3 aromatic rings. The van der Waals surface area contributed by atoms with Gasteiger partial charge in [-0.1, -0.05) is 32.0 Å². The van der Waals surface area contributed by atoms with Crippen LogP contribution in [0.5, 0.6) is 0 Å². The molecule has 0 spiro atoms. The summed E-state index contributed by atoms with van der Waals surface area (Å²) in [6.07, 6.45) is 2.31. The van der Waals surface area contributed by atoms with Gasteiger partial charge in [-0.2, -0.15) is 5.10 Å². The van der Waals surface area contributed by atoms with Gasteiger partial charge in [-0.3, -0.25) is 9.59 Å². The number of aryl methyl sites for hydroxylation is 1. The van der Waals surface area contributed by atoms with Gasteiger partial charge in [-0.25, -0.2) is 5.43 Å². The Kier molecular flexibility index (Phi) is 6.04. The van der Waals surface area contributed by atoms with E-state index in [1.807, 2.05) is 42.6 Å². The number of benzene rings is 1. The quantitative estimate of drug-likeness (QED) is 0.519. The van der Waals surface area contributed by atoms with E-state index in [2.05, 4.69) is 29.7 Å². The zero-order valence-corrected chi connectivity index (χ0v) is 18.6. The van der Waals surface area contributed by atoms with Crippen LogP contribution in [0.2, 0.25) is 0 Å². The second-order valence-electron chi connectivity index (χ2n) is 7.92. The van der Waals surface area contributed by atoms with Gasteiger partial charge in [-0.05, 0) is 54.8 Å². The minimum Gasteiger partial charge on any atom is -0.455 e. The van der Waals surface area contributed by atoms with Crippen LogP contribution in [0.1, 0.15) is 75.3 Å². The molecule has 0 aliphatic heterocycles. The third-order valence-corrected chi connectivity index (χ3v) is 6.27. The van der Waals surface area contributed by atoms with Gasteiger partial charge in [0.1, 0.15) is 5.76 Å². The Morgan fingerprint density at radius 2 is 1.87 bits per heavy atom. The lowest BCUT2D eigenvalue weighted by Gasteiger charge is -2.13. The number of amides is 2. The molecule has 2 amide bonds. The normalized spacial score (nSPS) is 14.5. The second kappa shape index (κ2) is 8.89. The summed E-state index contributed by atoms with van der Waals surface area (Å²) < 4.78 is 5.94. The number of nitrogens with one attached hydrogen (secondary N) is 2. The van der Waals surface area contributed by atoms with Crippen LogP contribution in [0.4, 0.5) is 5.69 Å². The maximum absolute atomic E-state index is 12.9. The Labute approximate surface area is 185 Å². The number of nitrogens with zero attached hydrogens (tertiary/aromatic N) is 1. The highest BCUT2D eigenvalue weighted by atomic mass is 32.1. The van der Waals surface area contributed by atoms with Crippen molar-refractivity contribution in [2.24, 2.45) is 5.10 Å². The fraction of sp³-hybridized carbons (Fsp3) is 0.292. The summed E-state index contributed by atoms with van der Waals surface area (Å²) in [6.45, 7) is 6.12. The highest BCUT2D eigenvalue weighted by molar-refractivity contribution is 7.12. The molecule has 2 heterocycles. The van der Waals surface area contributed by atoms with Crippen molar-refractivity contribution in [3.8, 4) is 0 Å². The molecule has 0 unspecified atom stereocenters. The summed E-state index contributed by atoms with van der Waals surface area (Å²) in [5.74, 6) is 0.942. The molecule has 0 radical (unpaired) electrons. The van der Waals surface area contributed by atoms with Crippen molar-refractivity contribution < 1.29 is 14.0 Å². The van der Waals surface area contributed by atoms with Gasteiger partial charge in [0.2, 0.25) is 0 Å². The van der Waals surface area contributed by atoms with Crippen LogP contribution in [0.3, 0.4) is 0 Å². The van der Waals surface area contributed by atoms with E-state index in [0.717, 1.165) is 47.5 Å². The van der Waals surface area contributed by atoms with Crippen molar-refractivity contribution >= 4 is 34.6 Å². The topological polar surface area (TPSA) is 83.7 Å². The van der Waals surface area contributed by atoms with Gasteiger partial charge in [0.15, 0.2) is 5.76 Å². The molecule has 6 nitrogen and oxygen atoms in total. The summed E-state index contributed by atoms with van der Waals surface area (Å²) in [5, 5.41) is 9.12. The average Bonchev–Trinajstić information content (AvgIpc) is 3.41. The monoisotopic (exact) mass is 435 g/mol. The first-order valence-electron chi connectivity index (χ1n) is 10.4. The van der Waals surface area contributed by atoms with Crippen LogP contribution in [-0.4, -0.2) is 17.5 Å². The van der Waals surface area contributed by atoms with Crippen molar-refractivity contribution in [3.63, 3.8) is 0 Å². The predicted octanol–water partition coefficient (Wildman–Crippen LogP) is 5.50. The zero-order chi connectivity index (χ0) is 22.0. The van der Waals surface area contributed by atoms with Crippen LogP contribution in [0.15, 0.2) is 51.3 Å². The van der Waals surface area contributed by atoms with E-state index in [9.17, 15) is 9.59 Å². The van der Waals surface area contributed by atoms with Crippen molar-refractivity contribution in [3.05, 3.63) is 74.9 Å². The van der Waals surface area contributed by atoms with Gasteiger partial charge >= 0.3 is 0 Å². The standard InChI is InChI=1S/C24H25N3O3S/c1-14(2)16-9-11-17(12-10-16)25-24(29)22-15(3)21-18(6-4-7-19(21)30-22)26-27-23(28)20-8-5-13-31-20/h5,8-14H,4,6-7H2,1-3H3,(H,25,29)(H,27,28)/b26-18+. The van der Waals surface area contributed by atoms with Crippen LogP contribution < -0.4 is 10.7 Å². The fourth-order valence-electron chi connectivity index (χ4n) is 3.72. The first-order chi connectivity index (χ1) is 14.9. The first-order valence-corrected chi connectivity index (χ1v) is 11.3. The Bertz CT molecular complexity index is 1130. The summed E-state index contributed by atoms with van der Waals surface area (Å²) in [5.41, 5.74) is 6.89. The van der Waals surface area contributed by atoms with Crippen molar-refractivity contribution in [2.45, 2.75) is 46.0 Å². The number of anilines is 1. The van der Waals surface area contributed by atoms with E-state index in [1.54, 1.807) is 6.07 Å². The molecule has 1 aromatic carbocycles. The van der Waals surface area contributed by atoms with E-state index in [1.165, 1.54) is 16.9 Å². The molecule has 4 rings (SSSR count). The lowest BCUT2D eigenvalue weighted by Crippen LogP contribution is -2.21. The lowest BCUT2D eigenvalue weighted by atomic mass is 9.93. The number of thiophene rings is 1. The van der Waals surface area contributed by atoms with Gasteiger partial charge in [0.05, 0.1) is 10.6 Å². The van der Waals surface area contributed by atoms with Crippen LogP contribution in [0, 0.1) is 6.92 Å². The highest BCUT2D eigenvalue weighted by Gasteiger charge is 2.28. The zero-order valence-electron chi connectivity index (χ0n) is 17.8. The summed E-state index contributed by atoms with van der Waals surface area (Å²) >= 11 is 1.36. The molecule has 0 bridgehead atoms. The minimum atomic E-state index is -0.286. The molecule has 0 saturated carbocycles. The molecular formula is C24H25N3O3S. The summed E-state index contributed by atoms with van der Waals surface area (Å²) in [6, 6.07) is 11.4. The van der Waals surface area contributed by atoms with Crippen molar-refractivity contribution in [1.82, 2.24) is 5.43 Å². The van der Waals surface area contributed by atoms with Crippen molar-refractivity contribution in [2.75, 3.05) is 5.32 Å². The molecule has 160 valence electrons. The molecule has 2 N–H and O–H groups in total. The van der Waals surface area contributed by atoms with E-state index in [4.69, 9.17) is 4.42 Å². The Balaban J connectivity index is 1.54. The molecule has 0 atom stereocenters. The average molecular weight is 436 g/mol. The fourth-order valence-corrected chi connectivity index (χ4v) is 4.33. The number of hydrazone groups is 1. The Morgan fingerprint density at radius 1 is 1.10 bits per heavy atom. The molecule has 0 saturated heterocycles. The minimum absolute atomic E-state index is 0.237. The number of fused-ring (bicyclic) bond motifs is 1. The Hall–Kier alpha value is -3.19. The number of rotatable bonds is 5. The van der Waals surface area contributed by atoms with E-state index >= 15 is 0 Å². The van der Waals surface area contributed by atoms with E-state index < -0.39 is 0 Å². The lowest BCUT2D eigenvalue weighted by molar-refractivity contribution is 0.0957. The smallest absolute Gasteiger partial charge is 0.291 e. The molecule has 0 fully saturated rings. The second-order valence-corrected chi connectivity index (χ2v) is 8.86. The molecule has 31 heavy (non-hydrogen) atoms. The maximum Gasteiger partial charge on any atom is 0.291 e. The summed E-state index contributed by atoms with van der Waals surface area (Å²) in [4.78, 5) is 25.7. The Morgan fingerprint density at radius 3 is 2.55 bits per heavy atom. The molecule has 1 aliphatic rings. The third kappa shape index (κ3) is 4.46. The SMILES string of the molecule is Cc1c(C(=O)Nc2ccc(C(C)C)cc2)oc2c1/C(=N/NC(=O)c1cccs1)CCC2. The largest absolute Gasteiger partial charge is 0.455 e. The number of hydrogen-bond acceptors (Lipinski definition) is 5. The molecular weight excluding hydrogens is 410 g/mol. The molecule has 2 aromatic heterocycles. The predicted molar refractivity (Wildman–Crippen MR) is 123 cm³/mol. The first kappa shape index (κ1) is 21.1. The van der Waals surface area contributed by atoms with Crippen molar-refractivity contribution in [1.29, 1.82) is 0 Å². The van der Waals surface area contributed by atoms with E-state index in [-0.39, 0.29) is 17.6 Å². The highest BCUT2D eigenvalue weighted by Crippen LogP contribution is 2.30. The molecule has 1 aliphatic carbocycles. The van der Waals surface area contributed by atoms with Crippen LogP contribution in [0.25, 0.3) is 0 Å². The summed E-state index contributed by atoms with van der Waals surface area (Å²) in [7, 11) is 0. The van der Waals surface area contributed by atoms with Gasteiger partial charge in [0, 0.05) is 23.2 Å².